The molecule has 1 saturated carbocycles. The Morgan fingerprint density at radius 2 is 2.05 bits per heavy atom. The van der Waals surface area contributed by atoms with Crippen LogP contribution in [-0.4, -0.2) is 18.5 Å². The van der Waals surface area contributed by atoms with E-state index in [1.54, 1.807) is 0 Å². The zero-order chi connectivity index (χ0) is 14.0. The topological polar surface area (TPSA) is 55.4 Å². The van der Waals surface area contributed by atoms with Crippen molar-refractivity contribution in [3.63, 3.8) is 0 Å². The Hall–Kier alpha value is -1.98. The van der Waals surface area contributed by atoms with Crippen molar-refractivity contribution in [2.75, 3.05) is 11.9 Å². The first-order valence-corrected chi connectivity index (χ1v) is 5.89. The molecule has 1 aliphatic rings. The number of anilines is 1. The van der Waals surface area contributed by atoms with E-state index in [-0.39, 0.29) is 11.6 Å². The van der Waals surface area contributed by atoms with Gasteiger partial charge in [-0.15, -0.1) is 0 Å². The van der Waals surface area contributed by atoms with Crippen molar-refractivity contribution in [1.82, 2.24) is 0 Å². The van der Waals surface area contributed by atoms with Crippen LogP contribution in [0.5, 0.6) is 0 Å². The van der Waals surface area contributed by atoms with Gasteiger partial charge in [-0.25, -0.2) is 8.78 Å². The number of rotatable bonds is 4. The van der Waals surface area contributed by atoms with Crippen molar-refractivity contribution in [2.45, 2.75) is 13.3 Å². The molecule has 0 unspecified atom stereocenters. The van der Waals surface area contributed by atoms with Crippen LogP contribution < -0.4 is 5.32 Å². The summed E-state index contributed by atoms with van der Waals surface area (Å²) >= 11 is 0. The highest BCUT2D eigenvalue weighted by Gasteiger charge is 2.40. The Balaban J connectivity index is 1.80. The molecule has 1 N–H and O–H groups in total. The quantitative estimate of drug-likeness (QED) is 0.852. The Morgan fingerprint density at radius 3 is 2.63 bits per heavy atom. The minimum atomic E-state index is -1.05. The predicted molar refractivity (Wildman–Crippen MR) is 63.2 cm³/mol. The zero-order valence-corrected chi connectivity index (χ0v) is 10.3. The molecule has 102 valence electrons. The van der Waals surface area contributed by atoms with E-state index in [4.69, 9.17) is 4.74 Å². The molecule has 1 aromatic carbocycles. The largest absolute Gasteiger partial charge is 0.455 e. The molecule has 1 fully saturated rings. The summed E-state index contributed by atoms with van der Waals surface area (Å²) in [5, 5.41) is 2.31. The second kappa shape index (κ2) is 5.34. The highest BCUT2D eigenvalue weighted by atomic mass is 19.2. The fraction of sp³-hybridized carbons (Fsp3) is 0.385. The molecule has 1 aliphatic carbocycles. The van der Waals surface area contributed by atoms with E-state index >= 15 is 0 Å². The maximum Gasteiger partial charge on any atom is 0.309 e. The van der Waals surface area contributed by atoms with Crippen molar-refractivity contribution in [3.05, 3.63) is 29.8 Å². The third-order valence-electron chi connectivity index (χ3n) is 2.96. The van der Waals surface area contributed by atoms with Gasteiger partial charge in [0.05, 0.1) is 5.92 Å². The smallest absolute Gasteiger partial charge is 0.309 e. The molecule has 6 heteroatoms. The predicted octanol–water partition coefficient (Wildman–Crippen LogP) is 2.10. The molecule has 2 rings (SSSR count). The summed E-state index contributed by atoms with van der Waals surface area (Å²) < 4.78 is 30.4. The Kier molecular flexibility index (Phi) is 3.78. The summed E-state index contributed by atoms with van der Waals surface area (Å²) in [5.74, 6) is -2.84. The summed E-state index contributed by atoms with van der Waals surface area (Å²) in [4.78, 5) is 22.8. The number of ether oxygens (including phenoxy) is 1. The lowest BCUT2D eigenvalue weighted by Crippen LogP contribution is -2.21. The van der Waals surface area contributed by atoms with Gasteiger partial charge in [-0.2, -0.15) is 0 Å². The van der Waals surface area contributed by atoms with E-state index in [0.717, 1.165) is 18.6 Å². The minimum Gasteiger partial charge on any atom is -0.455 e. The molecule has 0 saturated heterocycles. The first-order chi connectivity index (χ1) is 8.97. The van der Waals surface area contributed by atoms with E-state index < -0.39 is 30.1 Å². The second-order valence-corrected chi connectivity index (χ2v) is 4.60. The summed E-state index contributed by atoms with van der Waals surface area (Å²) in [6, 6.07) is 2.99. The molecule has 0 aliphatic heterocycles. The number of carbonyl (C=O) groups is 2. The minimum absolute atomic E-state index is 0.111. The van der Waals surface area contributed by atoms with Crippen molar-refractivity contribution in [3.8, 4) is 0 Å². The SMILES string of the molecule is C[C@H]1C[C@@H]1C(=O)OCC(=O)Nc1ccc(F)c(F)c1. The van der Waals surface area contributed by atoms with Gasteiger partial charge in [0.25, 0.3) is 5.91 Å². The highest BCUT2D eigenvalue weighted by molar-refractivity contribution is 5.93. The fourth-order valence-electron chi connectivity index (χ4n) is 1.67. The second-order valence-electron chi connectivity index (χ2n) is 4.60. The lowest BCUT2D eigenvalue weighted by molar-refractivity contribution is -0.148. The molecule has 0 heterocycles. The molecule has 1 aromatic rings. The molecule has 19 heavy (non-hydrogen) atoms. The van der Waals surface area contributed by atoms with Crippen LogP contribution in [0, 0.1) is 23.5 Å². The maximum absolute atomic E-state index is 12.9. The van der Waals surface area contributed by atoms with Crippen molar-refractivity contribution >= 4 is 17.6 Å². The molecular formula is C13H13F2NO3. The average molecular weight is 269 g/mol. The van der Waals surface area contributed by atoms with Crippen LogP contribution in [0.2, 0.25) is 0 Å². The standard InChI is InChI=1S/C13H13F2NO3/c1-7-4-9(7)13(18)19-6-12(17)16-8-2-3-10(14)11(15)5-8/h2-3,5,7,9H,4,6H2,1H3,(H,16,17)/t7-,9-/m0/s1. The molecule has 0 spiro atoms. The highest BCUT2D eigenvalue weighted by Crippen LogP contribution is 2.38. The van der Waals surface area contributed by atoms with E-state index in [9.17, 15) is 18.4 Å². The number of amides is 1. The van der Waals surface area contributed by atoms with Crippen LogP contribution in [-0.2, 0) is 14.3 Å². The van der Waals surface area contributed by atoms with Gasteiger partial charge in [0.1, 0.15) is 0 Å². The zero-order valence-electron chi connectivity index (χ0n) is 10.3. The number of esters is 1. The molecule has 4 nitrogen and oxygen atoms in total. The van der Waals surface area contributed by atoms with Crippen molar-refractivity contribution in [1.29, 1.82) is 0 Å². The van der Waals surface area contributed by atoms with Gasteiger partial charge in [0.15, 0.2) is 18.2 Å². The third kappa shape index (κ3) is 3.49. The van der Waals surface area contributed by atoms with Gasteiger partial charge in [-0.1, -0.05) is 6.92 Å². The Labute approximate surface area is 108 Å². The number of benzene rings is 1. The molecular weight excluding hydrogens is 256 g/mol. The number of hydrogen-bond donors (Lipinski definition) is 1. The van der Waals surface area contributed by atoms with E-state index in [1.165, 1.54) is 6.07 Å². The van der Waals surface area contributed by atoms with Gasteiger partial charge < -0.3 is 10.1 Å². The first kappa shape index (κ1) is 13.5. The Morgan fingerprint density at radius 1 is 1.37 bits per heavy atom. The molecule has 1 amide bonds. The number of hydrogen-bond acceptors (Lipinski definition) is 3. The van der Waals surface area contributed by atoms with E-state index in [0.29, 0.717) is 5.92 Å². The number of carbonyl (C=O) groups excluding carboxylic acids is 2. The van der Waals surface area contributed by atoms with Crippen LogP contribution in [0.15, 0.2) is 18.2 Å². The van der Waals surface area contributed by atoms with E-state index in [2.05, 4.69) is 5.32 Å². The fourth-order valence-corrected chi connectivity index (χ4v) is 1.67. The lowest BCUT2D eigenvalue weighted by atomic mass is 10.3. The molecule has 0 aromatic heterocycles. The number of halogens is 2. The summed E-state index contributed by atoms with van der Waals surface area (Å²) in [7, 11) is 0. The van der Waals surface area contributed by atoms with Crippen molar-refractivity contribution in [2.24, 2.45) is 11.8 Å². The molecule has 2 atom stereocenters. The van der Waals surface area contributed by atoms with Gasteiger partial charge in [0, 0.05) is 11.8 Å². The molecule has 0 radical (unpaired) electrons. The average Bonchev–Trinajstić information content (AvgIpc) is 3.08. The van der Waals surface area contributed by atoms with Gasteiger partial charge in [-0.3, -0.25) is 9.59 Å². The summed E-state index contributed by atoms with van der Waals surface area (Å²) in [6.45, 7) is 1.49. The van der Waals surface area contributed by atoms with Crippen LogP contribution in [0.4, 0.5) is 14.5 Å². The number of nitrogens with one attached hydrogen (secondary N) is 1. The normalized spacial score (nSPS) is 20.8. The third-order valence-corrected chi connectivity index (χ3v) is 2.96. The monoisotopic (exact) mass is 269 g/mol. The van der Waals surface area contributed by atoms with Crippen LogP contribution in [0.1, 0.15) is 13.3 Å². The summed E-state index contributed by atoms with van der Waals surface area (Å²) in [6.07, 6.45) is 0.781. The molecule has 0 bridgehead atoms. The van der Waals surface area contributed by atoms with Crippen LogP contribution in [0.3, 0.4) is 0 Å². The van der Waals surface area contributed by atoms with Gasteiger partial charge in [0.2, 0.25) is 0 Å². The first-order valence-electron chi connectivity index (χ1n) is 5.89. The van der Waals surface area contributed by atoms with Gasteiger partial charge in [-0.05, 0) is 24.5 Å². The van der Waals surface area contributed by atoms with Crippen LogP contribution in [0.25, 0.3) is 0 Å². The maximum atomic E-state index is 12.9. The van der Waals surface area contributed by atoms with Gasteiger partial charge >= 0.3 is 5.97 Å². The van der Waals surface area contributed by atoms with Crippen molar-refractivity contribution < 1.29 is 23.1 Å². The summed E-state index contributed by atoms with van der Waals surface area (Å²) in [5.41, 5.74) is 0.111. The van der Waals surface area contributed by atoms with E-state index in [1.807, 2.05) is 6.92 Å². The van der Waals surface area contributed by atoms with Crippen LogP contribution >= 0.6 is 0 Å². The Bertz CT molecular complexity index is 519. The lowest BCUT2D eigenvalue weighted by Gasteiger charge is -2.06.